The second-order valence-electron chi connectivity index (χ2n) is 7.92. The predicted molar refractivity (Wildman–Crippen MR) is 127 cm³/mol. The normalized spacial score (nSPS) is 12.3. The molecule has 0 heterocycles. The predicted octanol–water partition coefficient (Wildman–Crippen LogP) is 4.20. The highest BCUT2D eigenvalue weighted by molar-refractivity contribution is 5.97. The fraction of sp³-hybridized carbons (Fsp3) is 0.222. The summed E-state index contributed by atoms with van der Waals surface area (Å²) in [5, 5.41) is 5.55. The van der Waals surface area contributed by atoms with Crippen molar-refractivity contribution < 1.29 is 19.1 Å². The molecule has 2 atom stereocenters. The van der Waals surface area contributed by atoms with E-state index in [9.17, 15) is 14.4 Å². The highest BCUT2D eigenvalue weighted by Gasteiger charge is 2.25. The molecule has 2 amide bonds. The van der Waals surface area contributed by atoms with Crippen molar-refractivity contribution >= 4 is 17.8 Å². The maximum Gasteiger partial charge on any atom is 0.333 e. The molecule has 170 valence electrons. The van der Waals surface area contributed by atoms with Crippen LogP contribution in [-0.4, -0.2) is 24.4 Å². The Kier molecular flexibility index (Phi) is 7.97. The summed E-state index contributed by atoms with van der Waals surface area (Å²) in [6.45, 7) is 5.47. The van der Waals surface area contributed by atoms with Gasteiger partial charge in [-0.1, -0.05) is 66.7 Å². The number of rotatable bonds is 8. The third kappa shape index (κ3) is 6.53. The maximum atomic E-state index is 12.8. The molecule has 2 unspecified atom stereocenters. The summed E-state index contributed by atoms with van der Waals surface area (Å²) < 4.78 is 5.27. The molecule has 0 saturated heterocycles. The van der Waals surface area contributed by atoms with Gasteiger partial charge in [0.05, 0.1) is 6.04 Å². The smallest absolute Gasteiger partial charge is 0.333 e. The molecular weight excluding hydrogens is 416 g/mol. The van der Waals surface area contributed by atoms with Gasteiger partial charge in [-0.25, -0.2) is 4.79 Å². The highest BCUT2D eigenvalue weighted by Crippen LogP contribution is 2.18. The summed E-state index contributed by atoms with van der Waals surface area (Å²) in [6.07, 6.45) is 0. The molecule has 0 radical (unpaired) electrons. The van der Waals surface area contributed by atoms with Crippen LogP contribution in [0.2, 0.25) is 0 Å². The summed E-state index contributed by atoms with van der Waals surface area (Å²) >= 11 is 0. The fourth-order valence-electron chi connectivity index (χ4n) is 3.35. The Morgan fingerprint density at radius 2 is 1.42 bits per heavy atom. The lowest BCUT2D eigenvalue weighted by Gasteiger charge is -2.19. The van der Waals surface area contributed by atoms with Gasteiger partial charge < -0.3 is 15.4 Å². The SMILES string of the molecule is Cc1ccc(C(C)NC(=O)COC(=O)C(NC(=O)c2ccccc2)c2ccccc2)cc1C. The molecule has 0 aromatic heterocycles. The van der Waals surface area contributed by atoms with E-state index < -0.39 is 30.4 Å². The second-order valence-corrected chi connectivity index (χ2v) is 7.92. The average Bonchev–Trinajstić information content (AvgIpc) is 2.83. The van der Waals surface area contributed by atoms with Gasteiger partial charge in [0.15, 0.2) is 12.6 Å². The molecule has 0 aliphatic rings. The van der Waals surface area contributed by atoms with Crippen LogP contribution in [0.5, 0.6) is 0 Å². The van der Waals surface area contributed by atoms with Crippen LogP contribution in [0.25, 0.3) is 0 Å². The van der Waals surface area contributed by atoms with Crippen molar-refractivity contribution in [2.24, 2.45) is 0 Å². The zero-order chi connectivity index (χ0) is 23.8. The topological polar surface area (TPSA) is 84.5 Å². The van der Waals surface area contributed by atoms with Crippen LogP contribution in [0.1, 0.15) is 51.6 Å². The van der Waals surface area contributed by atoms with Crippen molar-refractivity contribution in [2.75, 3.05) is 6.61 Å². The summed E-state index contributed by atoms with van der Waals surface area (Å²) in [4.78, 5) is 37.9. The van der Waals surface area contributed by atoms with E-state index in [4.69, 9.17) is 4.74 Å². The van der Waals surface area contributed by atoms with E-state index >= 15 is 0 Å². The molecule has 0 spiro atoms. The number of amides is 2. The molecule has 0 aliphatic carbocycles. The number of carbonyl (C=O) groups excluding carboxylic acids is 3. The molecule has 0 bridgehead atoms. The van der Waals surface area contributed by atoms with Gasteiger partial charge >= 0.3 is 5.97 Å². The van der Waals surface area contributed by atoms with Crippen molar-refractivity contribution in [3.8, 4) is 0 Å². The minimum absolute atomic E-state index is 0.238. The summed E-state index contributed by atoms with van der Waals surface area (Å²) in [5.74, 6) is -1.54. The third-order valence-electron chi connectivity index (χ3n) is 5.43. The van der Waals surface area contributed by atoms with Gasteiger partial charge in [0.25, 0.3) is 11.8 Å². The lowest BCUT2D eigenvalue weighted by molar-refractivity contribution is -0.150. The number of nitrogens with one attached hydrogen (secondary N) is 2. The Morgan fingerprint density at radius 1 is 0.788 bits per heavy atom. The molecule has 0 aliphatic heterocycles. The zero-order valence-corrected chi connectivity index (χ0v) is 19.0. The van der Waals surface area contributed by atoms with E-state index in [0.29, 0.717) is 11.1 Å². The van der Waals surface area contributed by atoms with Crippen LogP contribution in [-0.2, 0) is 14.3 Å². The van der Waals surface area contributed by atoms with Gasteiger partial charge in [-0.05, 0) is 55.2 Å². The number of benzene rings is 3. The minimum Gasteiger partial charge on any atom is -0.454 e. The number of hydrogen-bond acceptors (Lipinski definition) is 4. The number of ether oxygens (including phenoxy) is 1. The Hall–Kier alpha value is -3.93. The van der Waals surface area contributed by atoms with Gasteiger partial charge in [0.2, 0.25) is 0 Å². The van der Waals surface area contributed by atoms with Crippen LogP contribution in [0.15, 0.2) is 78.9 Å². The van der Waals surface area contributed by atoms with Gasteiger partial charge in [-0.15, -0.1) is 0 Å². The minimum atomic E-state index is -1.04. The molecule has 6 heteroatoms. The summed E-state index contributed by atoms with van der Waals surface area (Å²) in [7, 11) is 0. The average molecular weight is 445 g/mol. The number of carbonyl (C=O) groups is 3. The van der Waals surface area contributed by atoms with Crippen molar-refractivity contribution in [3.63, 3.8) is 0 Å². The van der Waals surface area contributed by atoms with Crippen molar-refractivity contribution in [3.05, 3.63) is 107 Å². The lowest BCUT2D eigenvalue weighted by Crippen LogP contribution is -2.37. The first kappa shape index (κ1) is 23.7. The van der Waals surface area contributed by atoms with E-state index in [1.807, 2.05) is 45.0 Å². The Labute approximate surface area is 194 Å². The number of hydrogen-bond donors (Lipinski definition) is 2. The van der Waals surface area contributed by atoms with E-state index in [0.717, 1.165) is 11.1 Å². The van der Waals surface area contributed by atoms with Crippen molar-refractivity contribution in [1.82, 2.24) is 10.6 Å². The van der Waals surface area contributed by atoms with Crippen LogP contribution < -0.4 is 10.6 Å². The number of esters is 1. The molecule has 6 nitrogen and oxygen atoms in total. The molecule has 0 fully saturated rings. The molecule has 3 aromatic rings. The summed E-state index contributed by atoms with van der Waals surface area (Å²) in [5.41, 5.74) is 4.27. The maximum absolute atomic E-state index is 12.8. The first-order valence-electron chi connectivity index (χ1n) is 10.8. The molecule has 2 N–H and O–H groups in total. The fourth-order valence-corrected chi connectivity index (χ4v) is 3.35. The Bertz CT molecular complexity index is 1110. The van der Waals surface area contributed by atoms with Gasteiger partial charge in [-0.2, -0.15) is 0 Å². The molecule has 3 aromatic carbocycles. The van der Waals surface area contributed by atoms with Crippen molar-refractivity contribution in [1.29, 1.82) is 0 Å². The molecule has 33 heavy (non-hydrogen) atoms. The first-order valence-corrected chi connectivity index (χ1v) is 10.8. The van der Waals surface area contributed by atoms with Gasteiger partial charge in [0, 0.05) is 5.56 Å². The lowest BCUT2D eigenvalue weighted by atomic mass is 10.0. The van der Waals surface area contributed by atoms with E-state index in [1.54, 1.807) is 54.6 Å². The third-order valence-corrected chi connectivity index (χ3v) is 5.43. The molecule has 0 saturated carbocycles. The first-order chi connectivity index (χ1) is 15.8. The van der Waals surface area contributed by atoms with E-state index in [1.165, 1.54) is 5.56 Å². The largest absolute Gasteiger partial charge is 0.454 e. The van der Waals surface area contributed by atoms with Gasteiger partial charge in [-0.3, -0.25) is 9.59 Å². The summed E-state index contributed by atoms with van der Waals surface area (Å²) in [6, 6.07) is 22.1. The highest BCUT2D eigenvalue weighted by atomic mass is 16.5. The Morgan fingerprint density at radius 3 is 2.06 bits per heavy atom. The van der Waals surface area contributed by atoms with E-state index in [-0.39, 0.29) is 6.04 Å². The zero-order valence-electron chi connectivity index (χ0n) is 19.0. The molecular formula is C27H28N2O4. The van der Waals surface area contributed by atoms with Crippen LogP contribution in [0.4, 0.5) is 0 Å². The van der Waals surface area contributed by atoms with Crippen LogP contribution in [0.3, 0.4) is 0 Å². The monoisotopic (exact) mass is 444 g/mol. The standard InChI is InChI=1S/C27H28N2O4/c1-18-14-15-23(16-19(18)2)20(3)28-24(30)17-33-27(32)25(21-10-6-4-7-11-21)29-26(31)22-12-8-5-9-13-22/h4-16,20,25H,17H2,1-3H3,(H,28,30)(H,29,31). The second kappa shape index (κ2) is 11.1. The Balaban J connectivity index is 1.63. The van der Waals surface area contributed by atoms with Gasteiger partial charge in [0.1, 0.15) is 0 Å². The van der Waals surface area contributed by atoms with Crippen molar-refractivity contribution in [2.45, 2.75) is 32.9 Å². The van der Waals surface area contributed by atoms with Crippen LogP contribution >= 0.6 is 0 Å². The van der Waals surface area contributed by atoms with E-state index in [2.05, 4.69) is 10.6 Å². The number of aryl methyl sites for hydroxylation is 2. The molecule has 3 rings (SSSR count). The van der Waals surface area contributed by atoms with Crippen LogP contribution in [0, 0.1) is 13.8 Å². The quantitative estimate of drug-likeness (QED) is 0.510.